The van der Waals surface area contributed by atoms with Gasteiger partial charge in [-0.1, -0.05) is 27.5 Å². The summed E-state index contributed by atoms with van der Waals surface area (Å²) in [6.45, 7) is -0.0739. The van der Waals surface area contributed by atoms with Crippen LogP contribution in [0, 0.1) is 0 Å². The Morgan fingerprint density at radius 1 is 1.27 bits per heavy atom. The molecule has 0 aliphatic carbocycles. The Labute approximate surface area is 207 Å². The summed E-state index contributed by atoms with van der Waals surface area (Å²) in [6.07, 6.45) is -0.519. The second kappa shape index (κ2) is 10.8. The van der Waals surface area contributed by atoms with Crippen molar-refractivity contribution in [3.8, 4) is 5.82 Å². The molecule has 2 heterocycles. The largest absolute Gasteiger partial charge is 0.411 e. The van der Waals surface area contributed by atoms with Gasteiger partial charge in [-0.25, -0.2) is 18.4 Å². The van der Waals surface area contributed by atoms with Gasteiger partial charge in [-0.05, 0) is 46.3 Å². The predicted octanol–water partition coefficient (Wildman–Crippen LogP) is 4.83. The molecule has 33 heavy (non-hydrogen) atoms. The highest BCUT2D eigenvalue weighted by Crippen LogP contribution is 2.32. The van der Waals surface area contributed by atoms with Gasteiger partial charge in [-0.2, -0.15) is 5.10 Å². The molecule has 0 saturated heterocycles. The van der Waals surface area contributed by atoms with Crippen LogP contribution < -0.4 is 10.6 Å². The second-order valence-electron chi connectivity index (χ2n) is 6.25. The van der Waals surface area contributed by atoms with Gasteiger partial charge in [0, 0.05) is 15.1 Å². The first kappa shape index (κ1) is 24.7. The molecule has 3 N–H and O–H groups in total. The average molecular weight is 607 g/mol. The molecule has 1 aromatic carbocycles. The van der Waals surface area contributed by atoms with E-state index in [0.29, 0.717) is 8.95 Å². The Kier molecular flexibility index (Phi) is 8.10. The molecule has 3 aromatic rings. The molecule has 9 nitrogen and oxygen atoms in total. The number of carbonyl (C=O) groups excluding carboxylic acids is 2. The van der Waals surface area contributed by atoms with Crippen molar-refractivity contribution in [3.63, 3.8) is 0 Å². The zero-order chi connectivity index (χ0) is 24.1. The van der Waals surface area contributed by atoms with E-state index >= 15 is 0 Å². The van der Waals surface area contributed by atoms with E-state index in [1.54, 1.807) is 6.07 Å². The number of rotatable bonds is 7. The molecule has 0 radical (unpaired) electrons. The molecule has 0 saturated carbocycles. The standard InChI is InChI=1S/C19H13Br2ClF2N6O3/c20-9-6-10(18(31)26-4-5-27-33)15(11(21)7-9)28-19(32)14-8-13(16(23)24)29-30(14)17-12(22)2-1-3-25-17/h1-3,5-8,16,33H,4H2,(H,26,31)(H,28,32)/b27-5+. The minimum absolute atomic E-state index is 0.0210. The van der Waals surface area contributed by atoms with Gasteiger partial charge in [0.05, 0.1) is 29.0 Å². The fraction of sp³-hybridized carbons (Fsp3) is 0.105. The van der Waals surface area contributed by atoms with E-state index < -0.39 is 23.9 Å². The molecule has 0 unspecified atom stereocenters. The summed E-state index contributed by atoms with van der Waals surface area (Å²) in [4.78, 5) is 29.7. The number of anilines is 1. The Bertz CT molecular complexity index is 1240. The highest BCUT2D eigenvalue weighted by molar-refractivity contribution is 9.11. The molecule has 0 bridgehead atoms. The van der Waals surface area contributed by atoms with E-state index in [-0.39, 0.29) is 34.3 Å². The van der Waals surface area contributed by atoms with Crippen molar-refractivity contribution >= 4 is 67.2 Å². The Morgan fingerprint density at radius 3 is 2.70 bits per heavy atom. The predicted molar refractivity (Wildman–Crippen MR) is 124 cm³/mol. The highest BCUT2D eigenvalue weighted by atomic mass is 79.9. The first-order chi connectivity index (χ1) is 15.7. The number of hydrogen-bond donors (Lipinski definition) is 3. The third kappa shape index (κ3) is 5.72. The van der Waals surface area contributed by atoms with Crippen molar-refractivity contribution in [2.75, 3.05) is 11.9 Å². The lowest BCUT2D eigenvalue weighted by Gasteiger charge is -2.14. The minimum atomic E-state index is -2.95. The van der Waals surface area contributed by atoms with Crippen LogP contribution in [-0.2, 0) is 0 Å². The third-order valence-electron chi connectivity index (χ3n) is 4.10. The number of halogens is 5. The lowest BCUT2D eigenvalue weighted by molar-refractivity contribution is 0.0960. The number of amides is 2. The van der Waals surface area contributed by atoms with Crippen LogP contribution in [0.5, 0.6) is 0 Å². The van der Waals surface area contributed by atoms with Gasteiger partial charge in [0.15, 0.2) is 5.82 Å². The molecule has 2 amide bonds. The van der Waals surface area contributed by atoms with Crippen LogP contribution in [0.25, 0.3) is 5.82 Å². The van der Waals surface area contributed by atoms with Crippen LogP contribution in [0.1, 0.15) is 33.0 Å². The van der Waals surface area contributed by atoms with Crippen molar-refractivity contribution in [1.82, 2.24) is 20.1 Å². The average Bonchev–Trinajstić information content (AvgIpc) is 3.21. The number of nitrogens with zero attached hydrogens (tertiary/aromatic N) is 4. The van der Waals surface area contributed by atoms with E-state index in [9.17, 15) is 18.4 Å². The normalized spacial score (nSPS) is 11.2. The van der Waals surface area contributed by atoms with Crippen molar-refractivity contribution in [2.24, 2.45) is 5.16 Å². The van der Waals surface area contributed by atoms with Crippen LogP contribution in [0.3, 0.4) is 0 Å². The zero-order valence-electron chi connectivity index (χ0n) is 16.3. The maximum atomic E-state index is 13.3. The molecule has 0 fully saturated rings. The summed E-state index contributed by atoms with van der Waals surface area (Å²) < 4.78 is 28.4. The molecular formula is C19H13Br2ClF2N6O3. The smallest absolute Gasteiger partial charge is 0.282 e. The van der Waals surface area contributed by atoms with E-state index in [0.717, 1.165) is 17.0 Å². The number of carbonyl (C=O) groups is 2. The van der Waals surface area contributed by atoms with Gasteiger partial charge in [-0.15, -0.1) is 5.16 Å². The molecule has 3 rings (SSSR count). The van der Waals surface area contributed by atoms with Gasteiger partial charge < -0.3 is 15.8 Å². The first-order valence-electron chi connectivity index (χ1n) is 8.96. The van der Waals surface area contributed by atoms with Gasteiger partial charge in [-0.3, -0.25) is 9.59 Å². The highest BCUT2D eigenvalue weighted by Gasteiger charge is 2.25. The monoisotopic (exact) mass is 604 g/mol. The Hall–Kier alpha value is -2.90. The SMILES string of the molecule is O=C(NC/C=N/O)c1cc(Br)cc(Br)c1NC(=O)c1cc(C(F)F)nn1-c1ncccc1Cl. The topological polar surface area (TPSA) is 121 Å². The first-order valence-corrected chi connectivity index (χ1v) is 10.9. The van der Waals surface area contributed by atoms with Gasteiger partial charge in [0.25, 0.3) is 18.2 Å². The number of alkyl halides is 2. The van der Waals surface area contributed by atoms with Crippen molar-refractivity contribution < 1.29 is 23.6 Å². The summed E-state index contributed by atoms with van der Waals surface area (Å²) in [5.74, 6) is -1.46. The van der Waals surface area contributed by atoms with Crippen LogP contribution in [0.2, 0.25) is 5.02 Å². The number of oxime groups is 1. The quantitative estimate of drug-likeness (QED) is 0.202. The summed E-state index contributed by atoms with van der Waals surface area (Å²) in [5.41, 5.74) is -0.815. The number of benzene rings is 1. The lowest BCUT2D eigenvalue weighted by Crippen LogP contribution is -2.27. The molecule has 0 aliphatic heterocycles. The molecule has 0 atom stereocenters. The van der Waals surface area contributed by atoms with Crippen LogP contribution in [0.15, 0.2) is 50.6 Å². The molecule has 0 spiro atoms. The zero-order valence-corrected chi connectivity index (χ0v) is 20.2. The minimum Gasteiger partial charge on any atom is -0.411 e. The van der Waals surface area contributed by atoms with E-state index in [2.05, 4.69) is 57.7 Å². The summed E-state index contributed by atoms with van der Waals surface area (Å²) in [5, 5.41) is 20.2. The number of nitrogens with one attached hydrogen (secondary N) is 2. The summed E-state index contributed by atoms with van der Waals surface area (Å²) in [7, 11) is 0. The second-order valence-corrected chi connectivity index (χ2v) is 8.43. The molecular weight excluding hydrogens is 594 g/mol. The van der Waals surface area contributed by atoms with E-state index in [4.69, 9.17) is 16.8 Å². The Balaban J connectivity index is 2.03. The molecule has 0 aliphatic rings. The van der Waals surface area contributed by atoms with Crippen LogP contribution in [0.4, 0.5) is 14.5 Å². The summed E-state index contributed by atoms with van der Waals surface area (Å²) >= 11 is 12.7. The van der Waals surface area contributed by atoms with Crippen molar-refractivity contribution in [3.05, 3.63) is 67.4 Å². The van der Waals surface area contributed by atoms with Crippen molar-refractivity contribution in [2.45, 2.75) is 6.43 Å². The molecule has 172 valence electrons. The van der Waals surface area contributed by atoms with E-state index in [1.807, 2.05) is 0 Å². The number of pyridine rings is 1. The fourth-order valence-electron chi connectivity index (χ4n) is 2.69. The molecule has 2 aromatic heterocycles. The molecule has 14 heteroatoms. The summed E-state index contributed by atoms with van der Waals surface area (Å²) in [6, 6.07) is 6.95. The van der Waals surface area contributed by atoms with Gasteiger partial charge in [0.2, 0.25) is 0 Å². The fourth-order valence-corrected chi connectivity index (χ4v) is 4.22. The maximum Gasteiger partial charge on any atom is 0.282 e. The van der Waals surface area contributed by atoms with E-state index in [1.165, 1.54) is 24.4 Å². The number of aromatic nitrogens is 3. The number of hydrogen-bond acceptors (Lipinski definition) is 6. The Morgan fingerprint density at radius 2 is 2.03 bits per heavy atom. The third-order valence-corrected chi connectivity index (χ3v) is 5.48. The van der Waals surface area contributed by atoms with Gasteiger partial charge in [0.1, 0.15) is 11.4 Å². The van der Waals surface area contributed by atoms with Crippen LogP contribution >= 0.6 is 43.5 Å². The maximum absolute atomic E-state index is 13.3. The van der Waals surface area contributed by atoms with Crippen LogP contribution in [-0.4, -0.2) is 44.5 Å². The van der Waals surface area contributed by atoms with Gasteiger partial charge >= 0.3 is 0 Å². The van der Waals surface area contributed by atoms with Crippen molar-refractivity contribution in [1.29, 1.82) is 0 Å². The lowest BCUT2D eigenvalue weighted by atomic mass is 10.1.